The van der Waals surface area contributed by atoms with Crippen LogP contribution >= 0.6 is 0 Å². The van der Waals surface area contributed by atoms with Gasteiger partial charge in [-0.15, -0.1) is 0 Å². The molecular weight excluding hydrogens is 349 g/mol. The van der Waals surface area contributed by atoms with Gasteiger partial charge in [0, 0.05) is 5.56 Å². The number of rotatable bonds is 4. The van der Waals surface area contributed by atoms with Gasteiger partial charge < -0.3 is 10.7 Å². The summed E-state index contributed by atoms with van der Waals surface area (Å²) in [7, 11) is 0. The zero-order valence-electron chi connectivity index (χ0n) is 14.0. The van der Waals surface area contributed by atoms with E-state index in [1.165, 1.54) is 22.8 Å². The molecule has 7 nitrogen and oxygen atoms in total. The van der Waals surface area contributed by atoms with E-state index in [-0.39, 0.29) is 29.2 Å². The monoisotopic (exact) mass is 363 g/mol. The van der Waals surface area contributed by atoms with Gasteiger partial charge in [-0.3, -0.25) is 9.36 Å². The molecular formula is C19H14FN5O2. The number of carbonyl (C=O) groups excluding carboxylic acids is 1. The Morgan fingerprint density at radius 2 is 1.89 bits per heavy atom. The fraction of sp³-hybridized carbons (Fsp3) is 0.0526. The van der Waals surface area contributed by atoms with Crippen LogP contribution in [0.3, 0.4) is 0 Å². The number of nitrogens with two attached hydrogens (primary N) is 1. The van der Waals surface area contributed by atoms with E-state index in [1.807, 2.05) is 30.3 Å². The SMILES string of the molecule is NC(=O)c1nc(-c2cccc(F)c2)nc2c1[nH]c(=O)n2Cc1ccccc1. The van der Waals surface area contributed by atoms with Crippen LogP contribution in [0.5, 0.6) is 0 Å². The van der Waals surface area contributed by atoms with Crippen LogP contribution in [0, 0.1) is 5.82 Å². The van der Waals surface area contributed by atoms with Crippen LogP contribution in [0.4, 0.5) is 4.39 Å². The molecule has 0 bridgehead atoms. The van der Waals surface area contributed by atoms with Crippen molar-refractivity contribution in [2.45, 2.75) is 6.54 Å². The molecule has 2 heterocycles. The maximum absolute atomic E-state index is 13.6. The van der Waals surface area contributed by atoms with Gasteiger partial charge in [0.25, 0.3) is 5.91 Å². The zero-order valence-corrected chi connectivity index (χ0v) is 14.0. The number of hydrogen-bond donors (Lipinski definition) is 2. The number of amides is 1. The molecule has 0 saturated carbocycles. The average molecular weight is 363 g/mol. The summed E-state index contributed by atoms with van der Waals surface area (Å²) in [6.07, 6.45) is 0. The highest BCUT2D eigenvalue weighted by Crippen LogP contribution is 2.21. The number of fused-ring (bicyclic) bond motifs is 1. The van der Waals surface area contributed by atoms with Crippen LogP contribution in [0.25, 0.3) is 22.6 Å². The van der Waals surface area contributed by atoms with Gasteiger partial charge in [0.15, 0.2) is 17.2 Å². The van der Waals surface area contributed by atoms with Crippen molar-refractivity contribution in [1.82, 2.24) is 19.5 Å². The average Bonchev–Trinajstić information content (AvgIpc) is 2.97. The lowest BCUT2D eigenvalue weighted by Crippen LogP contribution is -2.17. The van der Waals surface area contributed by atoms with E-state index in [4.69, 9.17) is 5.73 Å². The number of H-pyrrole nitrogens is 1. The van der Waals surface area contributed by atoms with E-state index in [9.17, 15) is 14.0 Å². The van der Waals surface area contributed by atoms with Crippen molar-refractivity contribution < 1.29 is 9.18 Å². The molecule has 4 aromatic rings. The third kappa shape index (κ3) is 3.08. The largest absolute Gasteiger partial charge is 0.364 e. The fourth-order valence-electron chi connectivity index (χ4n) is 2.88. The van der Waals surface area contributed by atoms with E-state index in [0.29, 0.717) is 5.56 Å². The van der Waals surface area contributed by atoms with Crippen LogP contribution in [0.1, 0.15) is 16.1 Å². The fourth-order valence-corrected chi connectivity index (χ4v) is 2.88. The topological polar surface area (TPSA) is 107 Å². The number of carbonyl (C=O) groups is 1. The molecule has 134 valence electrons. The van der Waals surface area contributed by atoms with Crippen molar-refractivity contribution in [3.05, 3.63) is 82.2 Å². The number of benzene rings is 2. The summed E-state index contributed by atoms with van der Waals surface area (Å²) in [4.78, 5) is 35.4. The van der Waals surface area contributed by atoms with Crippen molar-refractivity contribution in [2.75, 3.05) is 0 Å². The lowest BCUT2D eigenvalue weighted by Gasteiger charge is -2.07. The van der Waals surface area contributed by atoms with Gasteiger partial charge >= 0.3 is 5.69 Å². The molecule has 3 N–H and O–H groups in total. The quantitative estimate of drug-likeness (QED) is 0.579. The third-order valence-electron chi connectivity index (χ3n) is 4.12. The highest BCUT2D eigenvalue weighted by atomic mass is 19.1. The van der Waals surface area contributed by atoms with Gasteiger partial charge in [-0.25, -0.2) is 19.2 Å². The van der Waals surface area contributed by atoms with Crippen LogP contribution in [0.2, 0.25) is 0 Å². The van der Waals surface area contributed by atoms with Crippen LogP contribution in [-0.4, -0.2) is 25.4 Å². The van der Waals surface area contributed by atoms with Gasteiger partial charge in [0.1, 0.15) is 11.3 Å². The highest BCUT2D eigenvalue weighted by molar-refractivity contribution is 6.01. The van der Waals surface area contributed by atoms with E-state index < -0.39 is 17.4 Å². The Morgan fingerprint density at radius 1 is 1.11 bits per heavy atom. The van der Waals surface area contributed by atoms with E-state index in [2.05, 4.69) is 15.0 Å². The van der Waals surface area contributed by atoms with Crippen molar-refractivity contribution in [2.24, 2.45) is 5.73 Å². The maximum Gasteiger partial charge on any atom is 0.328 e. The summed E-state index contributed by atoms with van der Waals surface area (Å²) in [5.74, 6) is -1.17. The van der Waals surface area contributed by atoms with E-state index >= 15 is 0 Å². The third-order valence-corrected chi connectivity index (χ3v) is 4.12. The van der Waals surface area contributed by atoms with Crippen LogP contribution in [-0.2, 0) is 6.54 Å². The predicted molar refractivity (Wildman–Crippen MR) is 97.6 cm³/mol. The molecule has 8 heteroatoms. The van der Waals surface area contributed by atoms with Crippen molar-refractivity contribution in [3.8, 4) is 11.4 Å². The molecule has 0 aliphatic carbocycles. The lowest BCUT2D eigenvalue weighted by molar-refractivity contribution is 0.0997. The molecule has 4 rings (SSSR count). The number of nitrogens with one attached hydrogen (secondary N) is 1. The van der Waals surface area contributed by atoms with Gasteiger partial charge in [0.2, 0.25) is 0 Å². The summed E-state index contributed by atoms with van der Waals surface area (Å²) in [5, 5.41) is 0. The summed E-state index contributed by atoms with van der Waals surface area (Å²) in [6, 6.07) is 15.0. The second kappa shape index (κ2) is 6.49. The Hall–Kier alpha value is -3.81. The standard InChI is InChI=1S/C19H14FN5O2/c20-13-8-4-7-12(9-13)17-22-14(16(21)26)15-18(24-17)25(19(27)23-15)10-11-5-2-1-3-6-11/h1-9H,10H2,(H2,21,26)(H,23,27). The molecule has 0 atom stereocenters. The number of aromatic amines is 1. The Balaban J connectivity index is 1.96. The first-order chi connectivity index (χ1) is 13.0. The van der Waals surface area contributed by atoms with Crippen molar-refractivity contribution in [3.63, 3.8) is 0 Å². The molecule has 0 spiro atoms. The Bertz CT molecular complexity index is 1210. The molecule has 0 radical (unpaired) electrons. The molecule has 2 aromatic heterocycles. The molecule has 0 saturated heterocycles. The smallest absolute Gasteiger partial charge is 0.328 e. The lowest BCUT2D eigenvalue weighted by atomic mass is 10.2. The van der Waals surface area contributed by atoms with Gasteiger partial charge in [0.05, 0.1) is 6.54 Å². The van der Waals surface area contributed by atoms with Gasteiger partial charge in [-0.05, 0) is 17.7 Å². The number of hydrogen-bond acceptors (Lipinski definition) is 4. The Kier molecular flexibility index (Phi) is 4.00. The maximum atomic E-state index is 13.6. The van der Waals surface area contributed by atoms with Gasteiger partial charge in [-0.2, -0.15) is 0 Å². The van der Waals surface area contributed by atoms with Crippen LogP contribution in [0.15, 0.2) is 59.4 Å². The number of aromatic nitrogens is 4. The number of nitrogens with zero attached hydrogens (tertiary/aromatic N) is 3. The number of primary amides is 1. The second-order valence-electron chi connectivity index (χ2n) is 5.97. The predicted octanol–water partition coefficient (Wildman–Crippen LogP) is 2.07. The molecule has 0 aliphatic heterocycles. The summed E-state index contributed by atoms with van der Waals surface area (Å²) in [6.45, 7) is 0.247. The molecule has 0 fully saturated rings. The van der Waals surface area contributed by atoms with E-state index in [0.717, 1.165) is 5.56 Å². The van der Waals surface area contributed by atoms with Gasteiger partial charge in [-0.1, -0.05) is 42.5 Å². The first-order valence-electron chi connectivity index (χ1n) is 8.13. The zero-order chi connectivity index (χ0) is 19.0. The number of imidazole rings is 1. The molecule has 1 amide bonds. The Labute approximate surface area is 152 Å². The first-order valence-corrected chi connectivity index (χ1v) is 8.13. The molecule has 2 aromatic carbocycles. The van der Waals surface area contributed by atoms with E-state index in [1.54, 1.807) is 6.07 Å². The summed E-state index contributed by atoms with van der Waals surface area (Å²) < 4.78 is 15.0. The second-order valence-corrected chi connectivity index (χ2v) is 5.97. The summed E-state index contributed by atoms with van der Waals surface area (Å²) in [5.41, 5.74) is 6.51. The molecule has 0 aliphatic rings. The molecule has 27 heavy (non-hydrogen) atoms. The van der Waals surface area contributed by atoms with Crippen molar-refractivity contribution >= 4 is 17.1 Å². The Morgan fingerprint density at radius 3 is 2.59 bits per heavy atom. The normalized spacial score (nSPS) is 11.0. The van der Waals surface area contributed by atoms with Crippen molar-refractivity contribution in [1.29, 1.82) is 0 Å². The minimum Gasteiger partial charge on any atom is -0.364 e. The summed E-state index contributed by atoms with van der Waals surface area (Å²) >= 11 is 0. The first kappa shape index (κ1) is 16.6. The minimum absolute atomic E-state index is 0.108. The minimum atomic E-state index is -0.812. The number of halogens is 1. The molecule has 0 unspecified atom stereocenters. The van der Waals surface area contributed by atoms with Crippen LogP contribution < -0.4 is 11.4 Å². The highest BCUT2D eigenvalue weighted by Gasteiger charge is 2.19.